The van der Waals surface area contributed by atoms with Crippen LogP contribution in [0.1, 0.15) is 53.9 Å². The van der Waals surface area contributed by atoms with Crippen molar-refractivity contribution >= 4 is 5.91 Å². The topological polar surface area (TPSA) is 41.1 Å². The molecular formula is C15H27F3N2O. The van der Waals surface area contributed by atoms with E-state index in [1.807, 2.05) is 13.8 Å². The maximum Gasteiger partial charge on any atom is 0.393 e. The predicted octanol–water partition coefficient (Wildman–Crippen LogP) is 3.25. The molecule has 0 aromatic carbocycles. The van der Waals surface area contributed by atoms with Crippen molar-refractivity contribution in [3.05, 3.63) is 0 Å². The molecule has 3 nitrogen and oxygen atoms in total. The number of nitrogens with one attached hydrogen (secondary N) is 2. The molecule has 2 unspecified atom stereocenters. The van der Waals surface area contributed by atoms with Gasteiger partial charge in [0, 0.05) is 12.1 Å². The van der Waals surface area contributed by atoms with Gasteiger partial charge in [0.25, 0.3) is 0 Å². The van der Waals surface area contributed by atoms with Gasteiger partial charge in [0.05, 0.1) is 12.0 Å². The Morgan fingerprint density at radius 2 is 1.71 bits per heavy atom. The molecule has 1 heterocycles. The highest BCUT2D eigenvalue weighted by Gasteiger charge is 2.42. The molecule has 6 heteroatoms. The summed E-state index contributed by atoms with van der Waals surface area (Å²) in [6, 6.07) is -0.525. The summed E-state index contributed by atoms with van der Waals surface area (Å²) in [6.07, 6.45) is -3.15. The van der Waals surface area contributed by atoms with Gasteiger partial charge in [0.15, 0.2) is 0 Å². The van der Waals surface area contributed by atoms with Crippen LogP contribution in [0.2, 0.25) is 0 Å². The van der Waals surface area contributed by atoms with Gasteiger partial charge in [-0.15, -0.1) is 0 Å². The summed E-state index contributed by atoms with van der Waals surface area (Å²) in [5.74, 6) is -1.55. The molecule has 2 N–H and O–H groups in total. The van der Waals surface area contributed by atoms with E-state index < -0.39 is 18.1 Å². The average Bonchev–Trinajstić information content (AvgIpc) is 2.23. The molecule has 1 rings (SSSR count). The molecule has 0 bridgehead atoms. The zero-order valence-corrected chi connectivity index (χ0v) is 13.5. The van der Waals surface area contributed by atoms with Gasteiger partial charge in [-0.1, -0.05) is 20.8 Å². The summed E-state index contributed by atoms with van der Waals surface area (Å²) in [7, 11) is 0. The zero-order chi connectivity index (χ0) is 16.5. The molecule has 21 heavy (non-hydrogen) atoms. The van der Waals surface area contributed by atoms with Crippen molar-refractivity contribution in [2.75, 3.05) is 6.54 Å². The second-order valence-electron chi connectivity index (χ2n) is 7.89. The number of halogens is 3. The molecular weight excluding hydrogens is 281 g/mol. The van der Waals surface area contributed by atoms with Crippen LogP contribution in [0.25, 0.3) is 0 Å². The molecule has 1 fully saturated rings. The first kappa shape index (κ1) is 18.3. The standard InChI is InChI=1S/C15H27F3N2O/c1-13(2,3)9-14(4,5)20-12(21)11-7-6-10(8-19-11)15(16,17)18/h10-11,19H,6-9H2,1-5H3,(H,20,21). The smallest absolute Gasteiger partial charge is 0.350 e. The summed E-state index contributed by atoms with van der Waals surface area (Å²) in [5.41, 5.74) is -0.309. The fourth-order valence-electron chi connectivity index (χ4n) is 3.15. The van der Waals surface area contributed by atoms with Crippen LogP contribution < -0.4 is 10.6 Å². The van der Waals surface area contributed by atoms with E-state index in [0.29, 0.717) is 0 Å². The number of carbonyl (C=O) groups excluding carboxylic acids is 1. The number of amides is 1. The fraction of sp³-hybridized carbons (Fsp3) is 0.933. The first-order valence-electron chi connectivity index (χ1n) is 7.42. The third kappa shape index (κ3) is 6.24. The molecule has 1 aliphatic rings. The van der Waals surface area contributed by atoms with Crippen LogP contribution in [0.15, 0.2) is 0 Å². The minimum Gasteiger partial charge on any atom is -0.350 e. The number of hydrogen-bond acceptors (Lipinski definition) is 2. The predicted molar refractivity (Wildman–Crippen MR) is 76.9 cm³/mol. The lowest BCUT2D eigenvalue weighted by Gasteiger charge is -2.36. The second-order valence-corrected chi connectivity index (χ2v) is 7.89. The van der Waals surface area contributed by atoms with Crippen molar-refractivity contribution in [3.8, 4) is 0 Å². The van der Waals surface area contributed by atoms with E-state index in [1.54, 1.807) is 0 Å². The lowest BCUT2D eigenvalue weighted by atomic mass is 9.81. The average molecular weight is 308 g/mol. The highest BCUT2D eigenvalue weighted by Crippen LogP contribution is 2.32. The summed E-state index contributed by atoms with van der Waals surface area (Å²) in [4.78, 5) is 12.2. The number of alkyl halides is 3. The zero-order valence-electron chi connectivity index (χ0n) is 13.5. The molecule has 1 aliphatic heterocycles. The number of hydrogen-bond donors (Lipinski definition) is 2. The first-order valence-corrected chi connectivity index (χ1v) is 7.42. The van der Waals surface area contributed by atoms with E-state index in [4.69, 9.17) is 0 Å². The Kier molecular flexibility index (Phi) is 5.35. The summed E-state index contributed by atoms with van der Waals surface area (Å²) in [5, 5.41) is 5.68. The monoisotopic (exact) mass is 308 g/mol. The Morgan fingerprint density at radius 3 is 2.10 bits per heavy atom. The largest absolute Gasteiger partial charge is 0.393 e. The molecule has 1 saturated heterocycles. The minimum atomic E-state index is -4.18. The Hall–Kier alpha value is -0.780. The van der Waals surface area contributed by atoms with Crippen LogP contribution in [-0.2, 0) is 4.79 Å². The lowest BCUT2D eigenvalue weighted by Crippen LogP contribution is -2.56. The number of piperidine rings is 1. The van der Waals surface area contributed by atoms with Gasteiger partial charge in [-0.25, -0.2) is 0 Å². The van der Waals surface area contributed by atoms with Crippen molar-refractivity contribution in [1.29, 1.82) is 0 Å². The van der Waals surface area contributed by atoms with Gasteiger partial charge in [0.1, 0.15) is 0 Å². The maximum absolute atomic E-state index is 12.6. The molecule has 2 atom stereocenters. The third-order valence-electron chi connectivity index (χ3n) is 3.63. The van der Waals surface area contributed by atoms with Gasteiger partial charge < -0.3 is 10.6 Å². The molecule has 0 radical (unpaired) electrons. The summed E-state index contributed by atoms with van der Waals surface area (Å²) in [6.45, 7) is 9.98. The molecule has 0 aromatic rings. The SMILES string of the molecule is CC(C)(C)CC(C)(C)NC(=O)C1CCC(C(F)(F)F)CN1. The van der Waals surface area contributed by atoms with Crippen LogP contribution in [0.5, 0.6) is 0 Å². The molecule has 0 aromatic heterocycles. The number of rotatable bonds is 3. The quantitative estimate of drug-likeness (QED) is 0.840. The van der Waals surface area contributed by atoms with Gasteiger partial charge in [-0.05, 0) is 38.5 Å². The maximum atomic E-state index is 12.6. The first-order chi connectivity index (χ1) is 9.30. The second kappa shape index (κ2) is 6.15. The third-order valence-corrected chi connectivity index (χ3v) is 3.63. The van der Waals surface area contributed by atoms with Gasteiger partial charge >= 0.3 is 6.18 Å². The van der Waals surface area contributed by atoms with Crippen molar-refractivity contribution in [3.63, 3.8) is 0 Å². The van der Waals surface area contributed by atoms with Crippen LogP contribution in [0.3, 0.4) is 0 Å². The Bertz CT molecular complexity index is 364. The molecule has 0 saturated carbocycles. The normalized spacial score (nSPS) is 24.8. The van der Waals surface area contributed by atoms with Gasteiger partial charge in [-0.3, -0.25) is 4.79 Å². The molecule has 0 aliphatic carbocycles. The van der Waals surface area contributed by atoms with E-state index in [-0.39, 0.29) is 36.2 Å². The van der Waals surface area contributed by atoms with E-state index in [9.17, 15) is 18.0 Å². The van der Waals surface area contributed by atoms with Crippen LogP contribution >= 0.6 is 0 Å². The van der Waals surface area contributed by atoms with Gasteiger partial charge in [-0.2, -0.15) is 13.2 Å². The van der Waals surface area contributed by atoms with E-state index in [2.05, 4.69) is 31.4 Å². The Labute approximate surface area is 125 Å². The fourth-order valence-corrected chi connectivity index (χ4v) is 3.15. The molecule has 1 amide bonds. The van der Waals surface area contributed by atoms with Crippen molar-refractivity contribution in [2.24, 2.45) is 11.3 Å². The van der Waals surface area contributed by atoms with Crippen molar-refractivity contribution < 1.29 is 18.0 Å². The summed E-state index contributed by atoms with van der Waals surface area (Å²) >= 11 is 0. The van der Waals surface area contributed by atoms with Crippen LogP contribution in [0.4, 0.5) is 13.2 Å². The van der Waals surface area contributed by atoms with Crippen molar-refractivity contribution in [1.82, 2.24) is 10.6 Å². The minimum absolute atomic E-state index is 0.00822. The lowest BCUT2D eigenvalue weighted by molar-refractivity contribution is -0.180. The van der Waals surface area contributed by atoms with E-state index >= 15 is 0 Å². The Balaban J connectivity index is 2.51. The highest BCUT2D eigenvalue weighted by atomic mass is 19.4. The van der Waals surface area contributed by atoms with Crippen LogP contribution in [-0.4, -0.2) is 30.2 Å². The van der Waals surface area contributed by atoms with Crippen molar-refractivity contribution in [2.45, 2.75) is 71.6 Å². The highest BCUT2D eigenvalue weighted by molar-refractivity contribution is 5.82. The van der Waals surface area contributed by atoms with Gasteiger partial charge in [0.2, 0.25) is 5.91 Å². The number of carbonyl (C=O) groups is 1. The Morgan fingerprint density at radius 1 is 1.14 bits per heavy atom. The van der Waals surface area contributed by atoms with E-state index in [1.165, 1.54) is 0 Å². The van der Waals surface area contributed by atoms with Crippen LogP contribution in [0, 0.1) is 11.3 Å². The summed E-state index contributed by atoms with van der Waals surface area (Å²) < 4.78 is 37.8. The molecule has 124 valence electrons. The molecule has 0 spiro atoms. The van der Waals surface area contributed by atoms with E-state index in [0.717, 1.165) is 6.42 Å².